The lowest BCUT2D eigenvalue weighted by Crippen LogP contribution is -2.31. The predicted molar refractivity (Wildman–Crippen MR) is 142 cm³/mol. The zero-order chi connectivity index (χ0) is 25.2. The van der Waals surface area contributed by atoms with Gasteiger partial charge in [0.2, 0.25) is 0 Å². The van der Waals surface area contributed by atoms with Crippen molar-refractivity contribution in [1.29, 1.82) is 0 Å². The largest absolute Gasteiger partial charge is 0.507 e. The van der Waals surface area contributed by atoms with Gasteiger partial charge in [-0.2, -0.15) is 0 Å². The van der Waals surface area contributed by atoms with Crippen LogP contribution in [0.15, 0.2) is 77.8 Å². The summed E-state index contributed by atoms with van der Waals surface area (Å²) in [5.41, 5.74) is 2.84. The van der Waals surface area contributed by atoms with Crippen LogP contribution in [0.5, 0.6) is 5.75 Å². The molecule has 1 amide bonds. The second-order valence-electron chi connectivity index (χ2n) is 8.91. The van der Waals surface area contributed by atoms with Gasteiger partial charge >= 0.3 is 0 Å². The van der Waals surface area contributed by atoms with E-state index in [1.807, 2.05) is 43.6 Å². The lowest BCUT2D eigenvalue weighted by atomic mass is 9.99. The number of aromatic nitrogens is 1. The Morgan fingerprint density at radius 2 is 1.83 bits per heavy atom. The van der Waals surface area contributed by atoms with Gasteiger partial charge in [-0.05, 0) is 60.2 Å². The number of rotatable bonds is 8. The second-order valence-corrected chi connectivity index (χ2v) is 9.89. The zero-order valence-electron chi connectivity index (χ0n) is 20.3. The van der Waals surface area contributed by atoms with Crippen LogP contribution >= 0.6 is 11.3 Å². The van der Waals surface area contributed by atoms with Crippen LogP contribution in [0.3, 0.4) is 0 Å². The molecule has 6 nitrogen and oxygen atoms in total. The molecular weight excluding hydrogens is 472 g/mol. The molecule has 0 bridgehead atoms. The maximum absolute atomic E-state index is 13.2. The number of fused-ring (bicyclic) bond motifs is 1. The fraction of sp³-hybridized carbons (Fsp3) is 0.241. The minimum Gasteiger partial charge on any atom is -0.507 e. The molecule has 0 spiro atoms. The molecule has 184 valence electrons. The Morgan fingerprint density at radius 1 is 1.06 bits per heavy atom. The molecule has 2 aromatic carbocycles. The Labute approximate surface area is 214 Å². The predicted octanol–water partition coefficient (Wildman–Crippen LogP) is 5.69. The van der Waals surface area contributed by atoms with E-state index in [2.05, 4.69) is 22.9 Å². The van der Waals surface area contributed by atoms with Crippen molar-refractivity contribution in [2.75, 3.05) is 13.2 Å². The molecule has 36 heavy (non-hydrogen) atoms. The summed E-state index contributed by atoms with van der Waals surface area (Å²) < 4.78 is 7.70. The Balaban J connectivity index is 1.49. The molecule has 1 N–H and O–H groups in total. The third kappa shape index (κ3) is 4.31. The van der Waals surface area contributed by atoms with Gasteiger partial charge in [0.05, 0.1) is 18.2 Å². The van der Waals surface area contributed by atoms with Crippen molar-refractivity contribution >= 4 is 39.7 Å². The summed E-state index contributed by atoms with van der Waals surface area (Å²) in [6.45, 7) is 3.00. The van der Waals surface area contributed by atoms with Crippen LogP contribution in [0.2, 0.25) is 0 Å². The maximum Gasteiger partial charge on any atom is 0.295 e. The summed E-state index contributed by atoms with van der Waals surface area (Å²) >= 11 is 1.47. The average Bonchev–Trinajstić information content (AvgIpc) is 3.60. The quantitative estimate of drug-likeness (QED) is 0.192. The minimum atomic E-state index is -0.657. The Kier molecular flexibility index (Phi) is 6.65. The molecule has 7 heteroatoms. The highest BCUT2D eigenvalue weighted by molar-refractivity contribution is 7.10. The molecule has 2 aromatic heterocycles. The normalized spacial score (nSPS) is 17.3. The first-order chi connectivity index (χ1) is 17.5. The molecule has 1 atom stereocenters. The summed E-state index contributed by atoms with van der Waals surface area (Å²) in [6, 6.07) is 18.3. The number of ether oxygens (including phenoxy) is 1. The third-order valence-electron chi connectivity index (χ3n) is 6.55. The summed E-state index contributed by atoms with van der Waals surface area (Å²) in [5, 5.41) is 14.3. The summed E-state index contributed by atoms with van der Waals surface area (Å²) in [7, 11) is 2.00. The number of likely N-dealkylation sites (tertiary alicyclic amines) is 1. The molecule has 0 saturated carbocycles. The standard InChI is InChI=1S/C29H28N2O4S/c1-3-16-35-21-12-10-19(11-13-21)27(32)25-26(24-9-6-17-36-24)31(29(34)28(25)33)15-14-20-18-30(2)23-8-5-4-7-22(20)23/h4-13,17-18,26,32H,3,14-16H2,1-2H3/b27-25-. The molecule has 1 aliphatic rings. The second kappa shape index (κ2) is 10.0. The van der Waals surface area contributed by atoms with Crippen LogP contribution in [0, 0.1) is 0 Å². The van der Waals surface area contributed by atoms with Crippen LogP contribution in [0.25, 0.3) is 16.7 Å². The number of hydrogen-bond acceptors (Lipinski definition) is 5. The van der Waals surface area contributed by atoms with Gasteiger partial charge in [0.25, 0.3) is 11.7 Å². The highest BCUT2D eigenvalue weighted by Crippen LogP contribution is 2.41. The first kappa shape index (κ1) is 23.9. The highest BCUT2D eigenvalue weighted by atomic mass is 32.1. The van der Waals surface area contributed by atoms with Crippen molar-refractivity contribution in [3.05, 3.63) is 93.8 Å². The summed E-state index contributed by atoms with van der Waals surface area (Å²) in [6.07, 6.45) is 3.56. The monoisotopic (exact) mass is 500 g/mol. The van der Waals surface area contributed by atoms with Gasteiger partial charge in [-0.3, -0.25) is 9.59 Å². The summed E-state index contributed by atoms with van der Waals surface area (Å²) in [5.74, 6) is -0.714. The van der Waals surface area contributed by atoms with Crippen molar-refractivity contribution in [2.45, 2.75) is 25.8 Å². The van der Waals surface area contributed by atoms with E-state index in [4.69, 9.17) is 4.74 Å². The number of aliphatic hydroxyl groups excluding tert-OH is 1. The van der Waals surface area contributed by atoms with E-state index < -0.39 is 17.7 Å². The number of hydrogen-bond donors (Lipinski definition) is 1. The zero-order valence-corrected chi connectivity index (χ0v) is 21.1. The van der Waals surface area contributed by atoms with Gasteiger partial charge in [-0.25, -0.2) is 0 Å². The molecule has 1 unspecified atom stereocenters. The van der Waals surface area contributed by atoms with E-state index >= 15 is 0 Å². The first-order valence-corrected chi connectivity index (χ1v) is 13.0. The van der Waals surface area contributed by atoms with Gasteiger partial charge in [0, 0.05) is 41.1 Å². The smallest absolute Gasteiger partial charge is 0.295 e. The van der Waals surface area contributed by atoms with Gasteiger partial charge in [-0.15, -0.1) is 11.3 Å². The van der Waals surface area contributed by atoms with Crippen LogP contribution in [0.1, 0.15) is 35.4 Å². The Morgan fingerprint density at radius 3 is 2.56 bits per heavy atom. The van der Waals surface area contributed by atoms with E-state index in [-0.39, 0.29) is 11.3 Å². The van der Waals surface area contributed by atoms with E-state index in [1.165, 1.54) is 11.3 Å². The number of amides is 1. The van der Waals surface area contributed by atoms with Gasteiger partial charge in [0.1, 0.15) is 11.5 Å². The van der Waals surface area contributed by atoms with E-state index in [1.54, 1.807) is 29.2 Å². The van der Waals surface area contributed by atoms with Crippen LogP contribution < -0.4 is 4.74 Å². The number of Topliss-reactive ketones (excluding diaryl/α,β-unsaturated/α-hetero) is 1. The number of carbonyl (C=O) groups excluding carboxylic acids is 2. The van der Waals surface area contributed by atoms with E-state index in [0.717, 1.165) is 27.8 Å². The number of benzene rings is 2. The Bertz CT molecular complexity index is 1430. The number of nitrogens with zero attached hydrogens (tertiary/aromatic N) is 2. The third-order valence-corrected chi connectivity index (χ3v) is 7.48. The number of thiophene rings is 1. The van der Waals surface area contributed by atoms with Crippen LogP contribution in [0.4, 0.5) is 0 Å². The highest BCUT2D eigenvalue weighted by Gasteiger charge is 2.46. The molecule has 1 saturated heterocycles. The Hall–Kier alpha value is -3.84. The first-order valence-electron chi connectivity index (χ1n) is 12.1. The molecule has 0 aliphatic carbocycles. The van der Waals surface area contributed by atoms with Crippen LogP contribution in [-0.4, -0.2) is 39.4 Å². The van der Waals surface area contributed by atoms with Gasteiger partial charge < -0.3 is 19.3 Å². The SMILES string of the molecule is CCCOc1ccc(/C(O)=C2/C(=O)C(=O)N(CCc3cn(C)c4ccccc34)C2c2cccs2)cc1. The van der Waals surface area contributed by atoms with Crippen molar-refractivity contribution in [3.63, 3.8) is 0 Å². The van der Waals surface area contributed by atoms with Crippen molar-refractivity contribution in [1.82, 2.24) is 9.47 Å². The fourth-order valence-electron chi connectivity index (χ4n) is 4.80. The summed E-state index contributed by atoms with van der Waals surface area (Å²) in [4.78, 5) is 28.9. The van der Waals surface area contributed by atoms with E-state index in [0.29, 0.717) is 30.9 Å². The molecule has 1 aliphatic heterocycles. The van der Waals surface area contributed by atoms with Crippen molar-refractivity contribution in [2.24, 2.45) is 7.05 Å². The van der Waals surface area contributed by atoms with E-state index in [9.17, 15) is 14.7 Å². The number of aliphatic hydroxyl groups is 1. The molecule has 1 fully saturated rings. The number of aryl methyl sites for hydroxylation is 1. The molecule has 4 aromatic rings. The average molecular weight is 501 g/mol. The molecular formula is C29H28N2O4S. The lowest BCUT2D eigenvalue weighted by Gasteiger charge is -2.24. The molecule has 3 heterocycles. The lowest BCUT2D eigenvalue weighted by molar-refractivity contribution is -0.139. The van der Waals surface area contributed by atoms with Crippen molar-refractivity contribution < 1.29 is 19.4 Å². The molecule has 0 radical (unpaired) electrons. The number of carbonyl (C=O) groups is 2. The maximum atomic E-state index is 13.2. The topological polar surface area (TPSA) is 71.8 Å². The number of ketones is 1. The number of para-hydroxylation sites is 1. The van der Waals surface area contributed by atoms with Gasteiger partial charge in [-0.1, -0.05) is 31.2 Å². The van der Waals surface area contributed by atoms with Gasteiger partial charge in [0.15, 0.2) is 0 Å². The minimum absolute atomic E-state index is 0.127. The molecule has 5 rings (SSSR count). The van der Waals surface area contributed by atoms with Crippen molar-refractivity contribution in [3.8, 4) is 5.75 Å². The van der Waals surface area contributed by atoms with Crippen LogP contribution in [-0.2, 0) is 23.1 Å². The fourth-order valence-corrected chi connectivity index (χ4v) is 5.65.